The molecule has 128 valence electrons. The summed E-state index contributed by atoms with van der Waals surface area (Å²) in [6, 6.07) is 15.4. The number of nitrogens with one attached hydrogen (secondary N) is 1. The van der Waals surface area contributed by atoms with Gasteiger partial charge in [0.25, 0.3) is 0 Å². The van der Waals surface area contributed by atoms with Gasteiger partial charge in [0.2, 0.25) is 10.0 Å². The van der Waals surface area contributed by atoms with E-state index >= 15 is 0 Å². The molecule has 0 saturated carbocycles. The van der Waals surface area contributed by atoms with E-state index < -0.39 is 22.1 Å². The van der Waals surface area contributed by atoms with Gasteiger partial charge in [0, 0.05) is 0 Å². The Kier molecular flexibility index (Phi) is 6.36. The van der Waals surface area contributed by atoms with Crippen molar-refractivity contribution in [1.82, 2.24) is 4.72 Å². The molecule has 0 radical (unpaired) electrons. The molecule has 7 heteroatoms. The molecule has 0 spiro atoms. The first-order chi connectivity index (χ1) is 11.4. The van der Waals surface area contributed by atoms with Gasteiger partial charge in [-0.2, -0.15) is 0 Å². The van der Waals surface area contributed by atoms with Gasteiger partial charge in [-0.15, -0.1) is 11.6 Å². The summed E-state index contributed by atoms with van der Waals surface area (Å²) in [5.41, 5.74) is 1.65. The Morgan fingerprint density at radius 1 is 1.12 bits per heavy atom. The van der Waals surface area contributed by atoms with Crippen LogP contribution in [0.5, 0.6) is 0 Å². The largest absolute Gasteiger partial charge is 0.455 e. The minimum atomic E-state index is -3.70. The van der Waals surface area contributed by atoms with Crippen molar-refractivity contribution in [3.8, 4) is 0 Å². The third-order valence-corrected chi connectivity index (χ3v) is 5.00. The molecule has 5 nitrogen and oxygen atoms in total. The summed E-state index contributed by atoms with van der Waals surface area (Å²) in [5.74, 6) is -0.909. The van der Waals surface area contributed by atoms with Crippen molar-refractivity contribution < 1.29 is 17.9 Å². The van der Waals surface area contributed by atoms with Gasteiger partial charge < -0.3 is 4.74 Å². The minimum Gasteiger partial charge on any atom is -0.455 e. The van der Waals surface area contributed by atoms with Gasteiger partial charge in [-0.25, -0.2) is 13.1 Å². The highest BCUT2D eigenvalue weighted by molar-refractivity contribution is 7.89. The van der Waals surface area contributed by atoms with Crippen molar-refractivity contribution in [3.05, 3.63) is 65.7 Å². The molecule has 0 aliphatic carbocycles. The van der Waals surface area contributed by atoms with E-state index in [-0.39, 0.29) is 17.3 Å². The number of esters is 1. The van der Waals surface area contributed by atoms with Crippen LogP contribution in [0.3, 0.4) is 0 Å². The van der Waals surface area contributed by atoms with Crippen LogP contribution in [-0.4, -0.2) is 26.8 Å². The van der Waals surface area contributed by atoms with Gasteiger partial charge in [0.15, 0.2) is 0 Å². The molecule has 0 aliphatic rings. The lowest BCUT2D eigenvalue weighted by Crippen LogP contribution is -2.30. The molecule has 0 amide bonds. The Hall–Kier alpha value is -1.89. The van der Waals surface area contributed by atoms with E-state index in [2.05, 4.69) is 4.72 Å². The molecule has 0 bridgehead atoms. The molecule has 0 fully saturated rings. The summed E-state index contributed by atoms with van der Waals surface area (Å²) in [6.07, 6.45) is -0.752. The first-order valence-electron chi connectivity index (χ1n) is 7.29. The van der Waals surface area contributed by atoms with Crippen LogP contribution >= 0.6 is 11.6 Å². The quantitative estimate of drug-likeness (QED) is 0.603. The molecule has 0 aliphatic heterocycles. The second-order valence-corrected chi connectivity index (χ2v) is 7.22. The number of hydrogen-bond acceptors (Lipinski definition) is 4. The maximum atomic E-state index is 12.4. The van der Waals surface area contributed by atoms with Gasteiger partial charge in [-0.3, -0.25) is 4.79 Å². The number of rotatable bonds is 7. The number of ether oxygens (including phenoxy) is 1. The lowest BCUT2D eigenvalue weighted by molar-refractivity contribution is -0.146. The molecule has 1 atom stereocenters. The molecule has 2 rings (SSSR count). The number of carbonyl (C=O) groups excluding carboxylic acids is 1. The van der Waals surface area contributed by atoms with Crippen LogP contribution in [0.15, 0.2) is 59.5 Å². The van der Waals surface area contributed by atoms with E-state index in [4.69, 9.17) is 16.3 Å². The van der Waals surface area contributed by atoms with Gasteiger partial charge in [-0.1, -0.05) is 48.0 Å². The molecule has 0 saturated heterocycles. The van der Waals surface area contributed by atoms with Crippen LogP contribution in [-0.2, 0) is 19.6 Å². The van der Waals surface area contributed by atoms with Crippen molar-refractivity contribution in [3.63, 3.8) is 0 Å². The molecule has 1 unspecified atom stereocenters. The fourth-order valence-electron chi connectivity index (χ4n) is 2.07. The number of benzene rings is 2. The van der Waals surface area contributed by atoms with E-state index in [0.29, 0.717) is 5.56 Å². The predicted molar refractivity (Wildman–Crippen MR) is 92.4 cm³/mol. The molecular formula is C17H18ClNO4S. The summed E-state index contributed by atoms with van der Waals surface area (Å²) in [5, 5.41) is 0. The zero-order chi connectivity index (χ0) is 17.6. The van der Waals surface area contributed by atoms with E-state index in [0.717, 1.165) is 5.56 Å². The molecule has 0 heterocycles. The monoisotopic (exact) mass is 367 g/mol. The predicted octanol–water partition coefficient (Wildman–Crippen LogP) is 2.80. The van der Waals surface area contributed by atoms with Crippen LogP contribution in [0.25, 0.3) is 0 Å². The standard InChI is InChI=1S/C17H18ClNO4S/c1-13-7-9-15(10-8-13)24(21,22)19-12-16(23-17(20)11-18)14-5-3-2-4-6-14/h2-10,16,19H,11-12H2,1H3. The average Bonchev–Trinajstić information content (AvgIpc) is 2.59. The number of halogens is 1. The number of sulfonamides is 1. The van der Waals surface area contributed by atoms with E-state index in [9.17, 15) is 13.2 Å². The van der Waals surface area contributed by atoms with Gasteiger partial charge in [0.1, 0.15) is 12.0 Å². The summed E-state index contributed by atoms with van der Waals surface area (Å²) < 4.78 is 32.4. The Morgan fingerprint density at radius 2 is 1.75 bits per heavy atom. The highest BCUT2D eigenvalue weighted by Crippen LogP contribution is 2.18. The zero-order valence-corrected chi connectivity index (χ0v) is 14.7. The number of carbonyl (C=O) groups is 1. The van der Waals surface area contributed by atoms with Crippen LogP contribution in [0, 0.1) is 6.92 Å². The lowest BCUT2D eigenvalue weighted by Gasteiger charge is -2.18. The maximum Gasteiger partial charge on any atom is 0.321 e. The van der Waals surface area contributed by atoms with Crippen LogP contribution in [0.2, 0.25) is 0 Å². The Morgan fingerprint density at radius 3 is 2.33 bits per heavy atom. The topological polar surface area (TPSA) is 72.5 Å². The lowest BCUT2D eigenvalue weighted by atomic mass is 10.1. The van der Waals surface area contributed by atoms with E-state index in [1.165, 1.54) is 12.1 Å². The van der Waals surface area contributed by atoms with Gasteiger partial charge in [-0.05, 0) is 24.6 Å². The molecule has 1 N–H and O–H groups in total. The summed E-state index contributed by atoms with van der Waals surface area (Å²) in [6.45, 7) is 1.80. The van der Waals surface area contributed by atoms with Gasteiger partial charge in [0.05, 0.1) is 11.4 Å². The normalized spacial score (nSPS) is 12.6. The van der Waals surface area contributed by atoms with Crippen molar-refractivity contribution >= 4 is 27.6 Å². The maximum absolute atomic E-state index is 12.4. The second-order valence-electron chi connectivity index (χ2n) is 5.19. The smallest absolute Gasteiger partial charge is 0.321 e. The highest BCUT2D eigenvalue weighted by atomic mass is 35.5. The number of alkyl halides is 1. The Balaban J connectivity index is 2.14. The SMILES string of the molecule is Cc1ccc(S(=O)(=O)NCC(OC(=O)CCl)c2ccccc2)cc1. The third kappa shape index (κ3) is 5.06. The van der Waals surface area contributed by atoms with Crippen molar-refractivity contribution in [1.29, 1.82) is 0 Å². The zero-order valence-electron chi connectivity index (χ0n) is 13.1. The summed E-state index contributed by atoms with van der Waals surface area (Å²) in [7, 11) is -3.70. The van der Waals surface area contributed by atoms with Crippen LogP contribution < -0.4 is 4.72 Å². The van der Waals surface area contributed by atoms with Gasteiger partial charge >= 0.3 is 5.97 Å². The Bertz CT molecular complexity index is 776. The van der Waals surface area contributed by atoms with E-state index in [1.54, 1.807) is 36.4 Å². The molecular weight excluding hydrogens is 350 g/mol. The minimum absolute atomic E-state index is 0.0805. The van der Waals surface area contributed by atoms with Crippen LogP contribution in [0.4, 0.5) is 0 Å². The summed E-state index contributed by atoms with van der Waals surface area (Å²) >= 11 is 5.47. The molecule has 24 heavy (non-hydrogen) atoms. The van der Waals surface area contributed by atoms with Crippen molar-refractivity contribution in [2.24, 2.45) is 0 Å². The third-order valence-electron chi connectivity index (χ3n) is 3.34. The number of hydrogen-bond donors (Lipinski definition) is 1. The number of aryl methyl sites for hydroxylation is 1. The van der Waals surface area contributed by atoms with Crippen molar-refractivity contribution in [2.75, 3.05) is 12.4 Å². The van der Waals surface area contributed by atoms with Crippen molar-refractivity contribution in [2.45, 2.75) is 17.9 Å². The Labute approximate surface area is 146 Å². The van der Waals surface area contributed by atoms with E-state index in [1.807, 2.05) is 13.0 Å². The molecule has 2 aromatic carbocycles. The first kappa shape index (κ1) is 18.4. The average molecular weight is 368 g/mol. The first-order valence-corrected chi connectivity index (χ1v) is 9.31. The second kappa shape index (κ2) is 8.28. The summed E-state index contributed by atoms with van der Waals surface area (Å²) in [4.78, 5) is 11.7. The molecule has 2 aromatic rings. The highest BCUT2D eigenvalue weighted by Gasteiger charge is 2.20. The van der Waals surface area contributed by atoms with Crippen LogP contribution in [0.1, 0.15) is 17.2 Å². The fourth-order valence-corrected chi connectivity index (χ4v) is 3.17. The fraction of sp³-hybridized carbons (Fsp3) is 0.235. The molecule has 0 aromatic heterocycles.